The minimum absolute atomic E-state index is 0.00234. The van der Waals surface area contributed by atoms with Gasteiger partial charge in [0.05, 0.1) is 4.90 Å². The Morgan fingerprint density at radius 3 is 2.52 bits per heavy atom. The van der Waals surface area contributed by atoms with E-state index in [1.807, 2.05) is 44.4 Å². The lowest BCUT2D eigenvalue weighted by molar-refractivity contribution is 0.0907. The highest BCUT2D eigenvalue weighted by molar-refractivity contribution is 7.89. The zero-order valence-corrected chi connectivity index (χ0v) is 19.3. The first-order valence-corrected chi connectivity index (χ1v) is 12.2. The fourth-order valence-corrected chi connectivity index (χ4v) is 4.74. The van der Waals surface area contributed by atoms with E-state index in [0.29, 0.717) is 18.3 Å². The number of primary sulfonamides is 1. The zero-order valence-electron chi connectivity index (χ0n) is 18.5. The number of nitrogens with two attached hydrogens (primary N) is 1. The molecule has 3 aromatic rings. The van der Waals surface area contributed by atoms with Gasteiger partial charge in [0, 0.05) is 18.4 Å². The van der Waals surface area contributed by atoms with Gasteiger partial charge < -0.3 is 4.90 Å². The smallest absolute Gasteiger partial charge is 0.238 e. The second kappa shape index (κ2) is 9.12. The number of hydrogen-bond donors (Lipinski definition) is 1. The van der Waals surface area contributed by atoms with Crippen LogP contribution in [0.25, 0.3) is 5.69 Å². The van der Waals surface area contributed by atoms with Crippen LogP contribution in [0.1, 0.15) is 41.3 Å². The molecule has 174 valence electrons. The number of rotatable bonds is 7. The van der Waals surface area contributed by atoms with Crippen molar-refractivity contribution in [1.82, 2.24) is 19.7 Å². The van der Waals surface area contributed by atoms with Crippen LogP contribution in [0.3, 0.4) is 0 Å². The van der Waals surface area contributed by atoms with E-state index in [4.69, 9.17) is 5.14 Å². The maximum Gasteiger partial charge on any atom is 0.238 e. The van der Waals surface area contributed by atoms with Gasteiger partial charge in [-0.1, -0.05) is 30.3 Å². The van der Waals surface area contributed by atoms with Crippen molar-refractivity contribution in [3.8, 4) is 5.69 Å². The quantitative estimate of drug-likeness (QED) is 0.530. The van der Waals surface area contributed by atoms with Gasteiger partial charge in [-0.3, -0.25) is 4.79 Å². The van der Waals surface area contributed by atoms with Crippen molar-refractivity contribution in [2.24, 2.45) is 11.1 Å². The minimum Gasteiger partial charge on any atom is -0.306 e. The predicted octanol–water partition coefficient (Wildman–Crippen LogP) is 2.56. The van der Waals surface area contributed by atoms with E-state index in [2.05, 4.69) is 15.0 Å². The molecule has 1 aliphatic rings. The average Bonchev–Trinajstić information content (AvgIpc) is 3.41. The summed E-state index contributed by atoms with van der Waals surface area (Å²) in [6.07, 6.45) is 2.72. The Balaban J connectivity index is 1.73. The normalized spacial score (nSPS) is 18.7. The molecule has 2 atom stereocenters. The van der Waals surface area contributed by atoms with Crippen LogP contribution in [0.2, 0.25) is 0 Å². The van der Waals surface area contributed by atoms with Crippen LogP contribution in [0.15, 0.2) is 53.4 Å². The third-order valence-electron chi connectivity index (χ3n) is 6.08. The topological polar surface area (TPSA) is 111 Å². The van der Waals surface area contributed by atoms with Crippen molar-refractivity contribution in [2.45, 2.75) is 36.6 Å². The summed E-state index contributed by atoms with van der Waals surface area (Å²) >= 11 is 0. The molecule has 0 bridgehead atoms. The summed E-state index contributed by atoms with van der Waals surface area (Å²) in [6.45, 7) is 0. The first-order valence-electron chi connectivity index (χ1n) is 10.7. The number of nitrogens with zero attached hydrogens (tertiary/aromatic N) is 4. The van der Waals surface area contributed by atoms with Crippen LogP contribution in [0.4, 0.5) is 4.39 Å². The van der Waals surface area contributed by atoms with Crippen molar-refractivity contribution < 1.29 is 17.6 Å². The number of hydrogen-bond acceptors (Lipinski definition) is 6. The van der Waals surface area contributed by atoms with Gasteiger partial charge in [0.25, 0.3) is 0 Å². The Hall–Kier alpha value is -2.95. The molecule has 1 aliphatic carbocycles. The number of halogens is 1. The Morgan fingerprint density at radius 1 is 1.18 bits per heavy atom. The van der Waals surface area contributed by atoms with Gasteiger partial charge in [0.15, 0.2) is 0 Å². The number of carbonyl (C=O) groups is 1. The molecular formula is C23H26FN5O3S. The summed E-state index contributed by atoms with van der Waals surface area (Å²) in [4.78, 5) is 19.4. The molecule has 1 aromatic heterocycles. The fourth-order valence-electron chi connectivity index (χ4n) is 4.22. The third kappa shape index (κ3) is 5.02. The van der Waals surface area contributed by atoms with Crippen LogP contribution in [0, 0.1) is 11.7 Å². The van der Waals surface area contributed by atoms with E-state index in [1.54, 1.807) is 0 Å². The summed E-state index contributed by atoms with van der Waals surface area (Å²) < 4.78 is 39.4. The number of Topliss-reactive ketones (excluding diaryl/α,β-unsaturated/α-hetero) is 1. The molecule has 10 heteroatoms. The van der Waals surface area contributed by atoms with Gasteiger partial charge in [-0.15, -0.1) is 5.10 Å². The van der Waals surface area contributed by atoms with Crippen molar-refractivity contribution in [3.05, 3.63) is 71.6 Å². The van der Waals surface area contributed by atoms with E-state index >= 15 is 0 Å². The Labute approximate surface area is 192 Å². The first kappa shape index (κ1) is 23.2. The summed E-state index contributed by atoms with van der Waals surface area (Å²) in [6, 6.07) is 13.1. The molecule has 4 rings (SSSR count). The van der Waals surface area contributed by atoms with Gasteiger partial charge in [-0.05, 0) is 57.1 Å². The molecule has 0 spiro atoms. The largest absolute Gasteiger partial charge is 0.306 e. The van der Waals surface area contributed by atoms with Gasteiger partial charge in [-0.25, -0.2) is 27.6 Å². The van der Waals surface area contributed by atoms with E-state index in [-0.39, 0.29) is 28.1 Å². The highest BCUT2D eigenvalue weighted by Gasteiger charge is 2.34. The molecule has 1 heterocycles. The molecule has 1 unspecified atom stereocenters. The molecule has 0 radical (unpaired) electrons. The van der Waals surface area contributed by atoms with Crippen LogP contribution in [-0.2, 0) is 16.4 Å². The highest BCUT2D eigenvalue weighted by Crippen LogP contribution is 2.31. The van der Waals surface area contributed by atoms with Gasteiger partial charge >= 0.3 is 0 Å². The first-order chi connectivity index (χ1) is 15.6. The summed E-state index contributed by atoms with van der Waals surface area (Å²) in [5.74, 6) is -0.746. The van der Waals surface area contributed by atoms with Crippen molar-refractivity contribution in [3.63, 3.8) is 0 Å². The summed E-state index contributed by atoms with van der Waals surface area (Å²) in [7, 11) is -0.0650. The molecule has 2 aromatic carbocycles. The minimum atomic E-state index is -4.06. The monoisotopic (exact) mass is 471 g/mol. The second-order valence-corrected chi connectivity index (χ2v) is 10.1. The molecule has 2 N–H and O–H groups in total. The van der Waals surface area contributed by atoms with E-state index in [0.717, 1.165) is 30.9 Å². The van der Waals surface area contributed by atoms with E-state index in [9.17, 15) is 17.6 Å². The molecular weight excluding hydrogens is 445 g/mol. The van der Waals surface area contributed by atoms with Crippen LogP contribution >= 0.6 is 0 Å². The van der Waals surface area contributed by atoms with Gasteiger partial charge in [0.2, 0.25) is 21.6 Å². The molecule has 8 nitrogen and oxygen atoms in total. The summed E-state index contributed by atoms with van der Waals surface area (Å²) in [5, 5.41) is 9.48. The Morgan fingerprint density at radius 2 is 1.91 bits per heavy atom. The van der Waals surface area contributed by atoms with Gasteiger partial charge in [0.1, 0.15) is 17.3 Å². The van der Waals surface area contributed by atoms with Crippen molar-refractivity contribution in [2.75, 3.05) is 14.1 Å². The Bertz CT molecular complexity index is 1270. The number of sulfonamides is 1. The predicted molar refractivity (Wildman–Crippen MR) is 121 cm³/mol. The lowest BCUT2D eigenvalue weighted by Gasteiger charge is -2.18. The number of ketones is 1. The maximum absolute atomic E-state index is 14.9. The standard InChI is InChI=1S/C23H26FN5O3S/c1-28(2)17-9-8-16(13-17)22(30)23-26-21(12-15-6-4-3-5-7-15)29(27-23)20-11-10-18(14-19(20)24)33(25,31)32/h3-7,10-11,14,16-17H,8-9,12-13H2,1-2H3,(H2,25,31,32)/t16?,17-/m0/s1. The van der Waals surface area contributed by atoms with E-state index < -0.39 is 15.8 Å². The highest BCUT2D eigenvalue weighted by atomic mass is 32.2. The molecule has 0 aliphatic heterocycles. The van der Waals surface area contributed by atoms with E-state index in [1.165, 1.54) is 16.8 Å². The van der Waals surface area contributed by atoms with Crippen molar-refractivity contribution >= 4 is 15.8 Å². The molecule has 33 heavy (non-hydrogen) atoms. The molecule has 1 fully saturated rings. The van der Waals surface area contributed by atoms with Crippen LogP contribution in [0.5, 0.6) is 0 Å². The maximum atomic E-state index is 14.9. The lowest BCUT2D eigenvalue weighted by atomic mass is 10.0. The summed E-state index contributed by atoms with van der Waals surface area (Å²) in [5.41, 5.74) is 0.915. The second-order valence-electron chi connectivity index (χ2n) is 8.58. The molecule has 0 amide bonds. The lowest BCUT2D eigenvalue weighted by Crippen LogP contribution is -2.26. The molecule has 0 saturated heterocycles. The SMILES string of the molecule is CN(C)[C@H]1CCC(C(=O)c2nc(Cc3ccccc3)n(-c3ccc(S(N)(=O)=O)cc3F)n2)C1. The molecule has 1 saturated carbocycles. The number of aromatic nitrogens is 3. The third-order valence-corrected chi connectivity index (χ3v) is 6.99. The fraction of sp³-hybridized carbons (Fsp3) is 0.348. The van der Waals surface area contributed by atoms with Crippen LogP contribution < -0.4 is 5.14 Å². The average molecular weight is 472 g/mol. The Kier molecular flexibility index (Phi) is 6.42. The number of benzene rings is 2. The zero-order chi connectivity index (χ0) is 23.8. The van der Waals surface area contributed by atoms with Gasteiger partial charge in [-0.2, -0.15) is 0 Å². The van der Waals surface area contributed by atoms with Crippen molar-refractivity contribution in [1.29, 1.82) is 0 Å². The number of carbonyl (C=O) groups excluding carboxylic acids is 1. The van der Waals surface area contributed by atoms with Crippen LogP contribution in [-0.4, -0.2) is 54.0 Å².